The van der Waals surface area contributed by atoms with E-state index in [1.807, 2.05) is 6.07 Å². The van der Waals surface area contributed by atoms with Gasteiger partial charge in [0, 0.05) is 65.5 Å². The Hall–Kier alpha value is -2.14. The van der Waals surface area contributed by atoms with Crippen LogP contribution < -0.4 is 5.32 Å². The molecule has 9 nitrogen and oxygen atoms in total. The van der Waals surface area contributed by atoms with E-state index in [9.17, 15) is 30.0 Å². The van der Waals surface area contributed by atoms with Crippen LogP contribution in [-0.2, 0) is 20.9 Å². The topological polar surface area (TPSA) is 140 Å². The van der Waals surface area contributed by atoms with Gasteiger partial charge in [0.15, 0.2) is 0 Å². The van der Waals surface area contributed by atoms with Gasteiger partial charge in [0.2, 0.25) is 0 Å². The van der Waals surface area contributed by atoms with Crippen molar-refractivity contribution < 1.29 is 34.8 Å². The van der Waals surface area contributed by atoms with Crippen molar-refractivity contribution in [3.63, 3.8) is 0 Å². The van der Waals surface area contributed by atoms with Gasteiger partial charge >= 0.3 is 11.9 Å². The van der Waals surface area contributed by atoms with Crippen LogP contribution in [0.15, 0.2) is 41.5 Å². The zero-order chi connectivity index (χ0) is 29.1. The minimum Gasteiger partial charge on any atom is -0.396 e. The van der Waals surface area contributed by atoms with E-state index >= 15 is 0 Å². The smallest absolute Gasteiger partial charge is 0.342 e. The molecule has 0 spiro atoms. The molecule has 6 aliphatic rings. The van der Waals surface area contributed by atoms with E-state index < -0.39 is 11.9 Å². The fourth-order valence-electron chi connectivity index (χ4n) is 8.64. The lowest BCUT2D eigenvalue weighted by Gasteiger charge is -2.36. The van der Waals surface area contributed by atoms with E-state index in [2.05, 4.69) is 39.2 Å². The predicted octanol–water partition coefficient (Wildman–Crippen LogP) is 1.92. The van der Waals surface area contributed by atoms with E-state index in [-0.39, 0.29) is 48.1 Å². The summed E-state index contributed by atoms with van der Waals surface area (Å²) in [5.74, 6) is -0.838. The number of nitrogens with zero attached hydrogens (tertiary/aromatic N) is 1. The first-order valence-corrected chi connectivity index (χ1v) is 15.2. The molecule has 0 bridgehead atoms. The molecule has 5 N–H and O–H groups in total. The third-order valence-electron chi connectivity index (χ3n) is 11.2. The lowest BCUT2D eigenvalue weighted by atomic mass is 9.69. The van der Waals surface area contributed by atoms with Gasteiger partial charge in [-0.3, -0.25) is 4.90 Å². The van der Waals surface area contributed by atoms with Gasteiger partial charge in [0.05, 0.1) is 26.4 Å². The Bertz CT molecular complexity index is 1070. The van der Waals surface area contributed by atoms with Crippen molar-refractivity contribution in [2.45, 2.75) is 64.3 Å². The van der Waals surface area contributed by atoms with Gasteiger partial charge in [-0.2, -0.15) is 0 Å². The van der Waals surface area contributed by atoms with Crippen molar-refractivity contribution in [2.75, 3.05) is 52.6 Å². The third-order valence-corrected chi connectivity index (χ3v) is 11.2. The second-order valence-corrected chi connectivity index (χ2v) is 13.2. The highest BCUT2D eigenvalue weighted by molar-refractivity contribution is 6.12. The molecule has 0 unspecified atom stereocenters. The van der Waals surface area contributed by atoms with Crippen molar-refractivity contribution in [2.24, 2.45) is 21.7 Å². The molecule has 7 rings (SSSR count). The molecule has 2 saturated carbocycles. The number of hydrogen-bond donors (Lipinski definition) is 5. The van der Waals surface area contributed by atoms with Gasteiger partial charge in [-0.1, -0.05) is 43.2 Å². The molecule has 0 amide bonds. The third kappa shape index (κ3) is 5.30. The molecule has 2 saturated heterocycles. The van der Waals surface area contributed by atoms with Gasteiger partial charge in [-0.15, -0.1) is 0 Å². The van der Waals surface area contributed by atoms with Gasteiger partial charge in [0.1, 0.15) is 0 Å². The van der Waals surface area contributed by atoms with Gasteiger partial charge in [0.25, 0.3) is 0 Å². The van der Waals surface area contributed by atoms with Crippen LogP contribution in [-0.4, -0.2) is 89.9 Å². The Morgan fingerprint density at radius 3 is 1.61 bits per heavy atom. The summed E-state index contributed by atoms with van der Waals surface area (Å²) in [6.45, 7) is 5.37. The summed E-state index contributed by atoms with van der Waals surface area (Å²) in [6.07, 6.45) is 8.90. The number of carbonyl (C=O) groups excluding carboxylic acids is 2. The second kappa shape index (κ2) is 12.2. The van der Waals surface area contributed by atoms with E-state index in [4.69, 9.17) is 0 Å². The number of ether oxygens (including phenoxy) is 1. The standard InChI is InChI=1S/C16H23NO2.C9H17NO2.C7H6O3/c18-12-15-7-4-8-16(15,13-19)11-17(10-15)9-14-5-2-1-3-6-14;11-6-8-2-1-3-9(8,7-12)5-10-4-8;8-6-4-2-1-3-5(4)7(9)10-6/h1-3,5-6,18-19H,4,7-13H2;10-12H,1-7H2;1-3H2/t15-,16+;8-,9+;. The molecule has 0 radical (unpaired) electrons. The quantitative estimate of drug-likeness (QED) is 0.256. The van der Waals surface area contributed by atoms with Crippen LogP contribution in [0.5, 0.6) is 0 Å². The van der Waals surface area contributed by atoms with Crippen molar-refractivity contribution >= 4 is 11.9 Å². The van der Waals surface area contributed by atoms with E-state index in [0.717, 1.165) is 90.5 Å². The van der Waals surface area contributed by atoms with Crippen LogP contribution in [0.3, 0.4) is 0 Å². The van der Waals surface area contributed by atoms with Gasteiger partial charge in [-0.05, 0) is 50.5 Å². The Morgan fingerprint density at radius 2 is 1.15 bits per heavy atom. The number of aliphatic hydroxyl groups excluding tert-OH is 4. The number of aliphatic hydroxyl groups is 4. The monoisotopic (exact) mass is 570 g/mol. The number of carbonyl (C=O) groups is 2. The minimum atomic E-state index is -0.419. The molecule has 3 aliphatic heterocycles. The average molecular weight is 571 g/mol. The first-order valence-electron chi connectivity index (χ1n) is 15.2. The molecule has 3 heterocycles. The minimum absolute atomic E-state index is 0.0122. The lowest BCUT2D eigenvalue weighted by Crippen LogP contribution is -2.41. The van der Waals surface area contributed by atoms with Crippen molar-refractivity contribution in [3.8, 4) is 0 Å². The Balaban J connectivity index is 0.000000132. The molecular formula is C32H46N2O7. The maximum atomic E-state index is 10.8. The molecule has 1 aromatic carbocycles. The van der Waals surface area contributed by atoms with Gasteiger partial charge < -0.3 is 30.5 Å². The summed E-state index contributed by atoms with van der Waals surface area (Å²) in [6, 6.07) is 10.5. The molecule has 4 fully saturated rings. The Labute approximate surface area is 242 Å². The summed E-state index contributed by atoms with van der Waals surface area (Å²) in [5.41, 5.74) is 2.37. The highest BCUT2D eigenvalue weighted by atomic mass is 16.6. The maximum absolute atomic E-state index is 10.8. The molecular weight excluding hydrogens is 524 g/mol. The van der Waals surface area contributed by atoms with Crippen LogP contribution >= 0.6 is 0 Å². The highest BCUT2D eigenvalue weighted by Gasteiger charge is 2.59. The van der Waals surface area contributed by atoms with E-state index in [1.54, 1.807) is 0 Å². The number of cyclic esters (lactones) is 2. The Kier molecular flexibility index (Phi) is 9.04. The molecule has 41 heavy (non-hydrogen) atoms. The number of nitrogens with one attached hydrogen (secondary N) is 1. The molecule has 9 heteroatoms. The highest BCUT2D eigenvalue weighted by Crippen LogP contribution is 2.57. The molecule has 4 atom stereocenters. The predicted molar refractivity (Wildman–Crippen MR) is 152 cm³/mol. The normalized spacial score (nSPS) is 35.4. The van der Waals surface area contributed by atoms with Crippen LogP contribution in [0.4, 0.5) is 0 Å². The van der Waals surface area contributed by atoms with Crippen LogP contribution in [0, 0.1) is 21.7 Å². The first-order chi connectivity index (χ1) is 19.8. The molecule has 226 valence electrons. The zero-order valence-corrected chi connectivity index (χ0v) is 24.1. The number of rotatable bonds is 6. The van der Waals surface area contributed by atoms with E-state index in [1.165, 1.54) is 5.56 Å². The van der Waals surface area contributed by atoms with Crippen molar-refractivity contribution in [1.82, 2.24) is 10.2 Å². The fraction of sp³-hybridized carbons (Fsp3) is 0.688. The first kappa shape index (κ1) is 30.3. The van der Waals surface area contributed by atoms with Crippen molar-refractivity contribution in [3.05, 3.63) is 47.0 Å². The Morgan fingerprint density at radius 1 is 0.683 bits per heavy atom. The fourth-order valence-corrected chi connectivity index (χ4v) is 8.64. The number of hydrogen-bond acceptors (Lipinski definition) is 9. The number of benzene rings is 1. The second-order valence-electron chi connectivity index (χ2n) is 13.2. The number of esters is 2. The summed E-state index contributed by atoms with van der Waals surface area (Å²) >= 11 is 0. The summed E-state index contributed by atoms with van der Waals surface area (Å²) in [5, 5.41) is 41.8. The van der Waals surface area contributed by atoms with Gasteiger partial charge in [-0.25, -0.2) is 9.59 Å². The average Bonchev–Trinajstić information content (AvgIpc) is 3.80. The molecule has 3 aliphatic carbocycles. The van der Waals surface area contributed by atoms with E-state index in [0.29, 0.717) is 11.1 Å². The summed E-state index contributed by atoms with van der Waals surface area (Å²) in [7, 11) is 0. The van der Waals surface area contributed by atoms with Crippen LogP contribution in [0.2, 0.25) is 0 Å². The SMILES string of the molecule is O=C1OC(=O)C2=C1CCC2.OC[C@@]12CCC[C@]1(CO)CN(Cc1ccccc1)C2.OC[C@@]12CCC[C@]1(CO)CNC2. The largest absolute Gasteiger partial charge is 0.396 e. The number of fused-ring (bicyclic) bond motifs is 2. The molecule has 1 aromatic rings. The summed E-state index contributed by atoms with van der Waals surface area (Å²) < 4.78 is 4.38. The van der Waals surface area contributed by atoms with Crippen LogP contribution in [0.1, 0.15) is 63.4 Å². The maximum Gasteiger partial charge on any atom is 0.342 e. The summed E-state index contributed by atoms with van der Waals surface area (Å²) in [4.78, 5) is 23.9. The zero-order valence-electron chi connectivity index (χ0n) is 24.1. The van der Waals surface area contributed by atoms with Crippen LogP contribution in [0.25, 0.3) is 0 Å². The molecule has 0 aromatic heterocycles. The number of likely N-dealkylation sites (tertiary alicyclic amines) is 1. The van der Waals surface area contributed by atoms with Crippen molar-refractivity contribution in [1.29, 1.82) is 0 Å². The lowest BCUT2D eigenvalue weighted by molar-refractivity contribution is -0.151.